The zero-order valence-corrected chi connectivity index (χ0v) is 12.7. The van der Waals surface area contributed by atoms with E-state index < -0.39 is 0 Å². The average Bonchev–Trinajstić information content (AvgIpc) is 2.91. The van der Waals surface area contributed by atoms with E-state index in [2.05, 4.69) is 4.98 Å². The molecule has 0 aliphatic heterocycles. The lowest BCUT2D eigenvalue weighted by Gasteiger charge is -2.17. The van der Waals surface area contributed by atoms with Gasteiger partial charge in [-0.3, -0.25) is 4.79 Å². The normalized spacial score (nSPS) is 10.3. The third-order valence-corrected chi connectivity index (χ3v) is 4.22. The highest BCUT2D eigenvalue weighted by molar-refractivity contribution is 7.17. The van der Waals surface area contributed by atoms with Crippen molar-refractivity contribution in [3.05, 3.63) is 40.4 Å². The lowest BCUT2D eigenvalue weighted by Crippen LogP contribution is -2.16. The van der Waals surface area contributed by atoms with Crippen LogP contribution in [0.15, 0.2) is 24.3 Å². The molecular formula is C15H18N2O2S. The fourth-order valence-electron chi connectivity index (χ4n) is 2.02. The first-order valence-corrected chi connectivity index (χ1v) is 7.29. The van der Waals surface area contributed by atoms with Crippen LogP contribution in [0.3, 0.4) is 0 Å². The van der Waals surface area contributed by atoms with Crippen LogP contribution < -0.4 is 9.64 Å². The Bertz CT molecular complexity index is 595. The van der Waals surface area contributed by atoms with E-state index in [1.165, 1.54) is 11.3 Å². The summed E-state index contributed by atoms with van der Waals surface area (Å²) in [4.78, 5) is 18.3. The van der Waals surface area contributed by atoms with Gasteiger partial charge in [0.25, 0.3) is 0 Å². The fraction of sp³-hybridized carbons (Fsp3) is 0.333. The Balaban J connectivity index is 2.21. The van der Waals surface area contributed by atoms with Crippen LogP contribution in [0.2, 0.25) is 0 Å². The molecule has 0 fully saturated rings. The second-order valence-electron chi connectivity index (χ2n) is 4.45. The lowest BCUT2D eigenvalue weighted by atomic mass is 10.2. The fourth-order valence-corrected chi connectivity index (χ4v) is 2.94. The number of hydrogen-bond acceptors (Lipinski definition) is 5. The summed E-state index contributed by atoms with van der Waals surface area (Å²) in [6.07, 6.45) is 1.66. The summed E-state index contributed by atoms with van der Waals surface area (Å²) in [6.45, 7) is 2.70. The van der Waals surface area contributed by atoms with Crippen molar-refractivity contribution >= 4 is 22.8 Å². The number of aryl methyl sites for hydroxylation is 1. The smallest absolute Gasteiger partial charge is 0.186 e. The minimum atomic E-state index is 0.693. The maximum atomic E-state index is 11.0. The zero-order valence-electron chi connectivity index (χ0n) is 11.9. The van der Waals surface area contributed by atoms with Gasteiger partial charge in [0, 0.05) is 19.2 Å². The Morgan fingerprint density at radius 1 is 1.40 bits per heavy atom. The van der Waals surface area contributed by atoms with Crippen molar-refractivity contribution in [2.75, 3.05) is 19.1 Å². The van der Waals surface area contributed by atoms with Gasteiger partial charge in [0.15, 0.2) is 11.4 Å². The van der Waals surface area contributed by atoms with Gasteiger partial charge in [-0.25, -0.2) is 4.98 Å². The molecule has 0 radical (unpaired) electrons. The maximum absolute atomic E-state index is 11.0. The van der Waals surface area contributed by atoms with Gasteiger partial charge in [0.1, 0.15) is 5.75 Å². The van der Waals surface area contributed by atoms with Crippen molar-refractivity contribution in [2.45, 2.75) is 19.9 Å². The lowest BCUT2D eigenvalue weighted by molar-refractivity contribution is 0.112. The van der Waals surface area contributed by atoms with Crippen LogP contribution in [0.1, 0.15) is 27.9 Å². The second kappa shape index (κ2) is 6.52. The third-order valence-electron chi connectivity index (χ3n) is 3.08. The highest BCUT2D eigenvalue weighted by atomic mass is 32.1. The highest BCUT2D eigenvalue weighted by Crippen LogP contribution is 2.27. The van der Waals surface area contributed by atoms with E-state index in [0.717, 1.165) is 39.7 Å². The molecule has 0 spiro atoms. The topological polar surface area (TPSA) is 42.4 Å². The molecule has 2 aromatic rings. The Morgan fingerprint density at radius 2 is 2.15 bits per heavy atom. The summed E-state index contributed by atoms with van der Waals surface area (Å²) in [5.74, 6) is 0.863. The van der Waals surface area contributed by atoms with Crippen molar-refractivity contribution in [2.24, 2.45) is 0 Å². The Morgan fingerprint density at radius 3 is 2.75 bits per heavy atom. The van der Waals surface area contributed by atoms with Gasteiger partial charge in [-0.15, -0.1) is 0 Å². The molecular weight excluding hydrogens is 272 g/mol. The molecule has 1 aromatic heterocycles. The summed E-state index contributed by atoms with van der Waals surface area (Å²) >= 11 is 1.43. The SMILES string of the molecule is CCc1nc(N(C)Cc2ccccc2OC)sc1C=O. The number of ether oxygens (including phenoxy) is 1. The molecule has 5 heteroatoms. The predicted molar refractivity (Wildman–Crippen MR) is 82.0 cm³/mol. The molecule has 20 heavy (non-hydrogen) atoms. The van der Waals surface area contributed by atoms with Crippen LogP contribution in [-0.2, 0) is 13.0 Å². The maximum Gasteiger partial charge on any atom is 0.186 e. The molecule has 4 nitrogen and oxygen atoms in total. The van der Waals surface area contributed by atoms with Gasteiger partial charge < -0.3 is 9.64 Å². The van der Waals surface area contributed by atoms with E-state index in [1.54, 1.807) is 7.11 Å². The number of benzene rings is 1. The molecule has 106 valence electrons. The molecule has 0 N–H and O–H groups in total. The molecule has 0 amide bonds. The quantitative estimate of drug-likeness (QED) is 0.766. The molecule has 0 saturated heterocycles. The highest BCUT2D eigenvalue weighted by Gasteiger charge is 2.13. The number of anilines is 1. The number of rotatable bonds is 6. The summed E-state index contributed by atoms with van der Waals surface area (Å²) < 4.78 is 5.35. The Kier molecular flexibility index (Phi) is 4.74. The van der Waals surface area contributed by atoms with Crippen LogP contribution in [0.5, 0.6) is 5.75 Å². The zero-order chi connectivity index (χ0) is 14.5. The van der Waals surface area contributed by atoms with Gasteiger partial charge in [-0.2, -0.15) is 0 Å². The van der Waals surface area contributed by atoms with E-state index >= 15 is 0 Å². The van der Waals surface area contributed by atoms with Crippen LogP contribution in [0, 0.1) is 0 Å². The first-order chi connectivity index (χ1) is 9.69. The monoisotopic (exact) mass is 290 g/mol. The van der Waals surface area contributed by atoms with Crippen LogP contribution >= 0.6 is 11.3 Å². The van der Waals surface area contributed by atoms with Gasteiger partial charge in [-0.1, -0.05) is 36.5 Å². The summed E-state index contributed by atoms with van der Waals surface area (Å²) in [7, 11) is 3.64. The number of aldehydes is 1. The van der Waals surface area contributed by atoms with Crippen molar-refractivity contribution in [3.63, 3.8) is 0 Å². The third kappa shape index (κ3) is 2.99. The van der Waals surface area contributed by atoms with E-state index in [0.29, 0.717) is 6.54 Å². The number of nitrogens with zero attached hydrogens (tertiary/aromatic N) is 2. The van der Waals surface area contributed by atoms with Gasteiger partial charge >= 0.3 is 0 Å². The van der Waals surface area contributed by atoms with E-state index in [-0.39, 0.29) is 0 Å². The number of methoxy groups -OCH3 is 1. The average molecular weight is 290 g/mol. The van der Waals surface area contributed by atoms with E-state index in [4.69, 9.17) is 4.74 Å². The molecule has 0 bridgehead atoms. The van der Waals surface area contributed by atoms with Crippen LogP contribution in [-0.4, -0.2) is 25.4 Å². The summed E-state index contributed by atoms with van der Waals surface area (Å²) in [5.41, 5.74) is 1.96. The minimum Gasteiger partial charge on any atom is -0.496 e. The minimum absolute atomic E-state index is 0.693. The summed E-state index contributed by atoms with van der Waals surface area (Å²) in [6, 6.07) is 7.91. The number of carbonyl (C=O) groups excluding carboxylic acids is 1. The molecule has 0 aliphatic rings. The number of hydrogen-bond donors (Lipinski definition) is 0. The second-order valence-corrected chi connectivity index (χ2v) is 5.46. The predicted octanol–water partition coefficient (Wildman–Crippen LogP) is 3.16. The van der Waals surface area contributed by atoms with Gasteiger partial charge in [0.05, 0.1) is 17.7 Å². The number of para-hydroxylation sites is 1. The molecule has 0 atom stereocenters. The first-order valence-electron chi connectivity index (χ1n) is 6.47. The van der Waals surface area contributed by atoms with E-state index in [1.807, 2.05) is 43.1 Å². The number of carbonyl (C=O) groups is 1. The molecule has 1 heterocycles. The molecule has 0 aliphatic carbocycles. The molecule has 2 rings (SSSR count). The molecule has 1 aromatic carbocycles. The van der Waals surface area contributed by atoms with Crippen molar-refractivity contribution in [1.29, 1.82) is 0 Å². The summed E-state index contributed by atoms with van der Waals surface area (Å²) in [5, 5.41) is 0.856. The first kappa shape index (κ1) is 14.5. The van der Waals surface area contributed by atoms with Crippen molar-refractivity contribution < 1.29 is 9.53 Å². The Hall–Kier alpha value is -1.88. The number of thiazole rings is 1. The van der Waals surface area contributed by atoms with Gasteiger partial charge in [0.2, 0.25) is 0 Å². The van der Waals surface area contributed by atoms with E-state index in [9.17, 15) is 4.79 Å². The van der Waals surface area contributed by atoms with Crippen LogP contribution in [0.25, 0.3) is 0 Å². The molecule has 0 saturated carbocycles. The van der Waals surface area contributed by atoms with Crippen molar-refractivity contribution in [3.8, 4) is 5.75 Å². The standard InChI is InChI=1S/C15H18N2O2S/c1-4-12-14(10-18)20-15(16-12)17(2)9-11-7-5-6-8-13(11)19-3/h5-8,10H,4,9H2,1-3H3. The Labute approximate surface area is 123 Å². The largest absolute Gasteiger partial charge is 0.496 e. The van der Waals surface area contributed by atoms with Crippen LogP contribution in [0.4, 0.5) is 5.13 Å². The molecule has 0 unspecified atom stereocenters. The van der Waals surface area contributed by atoms with Gasteiger partial charge in [-0.05, 0) is 12.5 Å². The van der Waals surface area contributed by atoms with Crippen molar-refractivity contribution in [1.82, 2.24) is 4.98 Å². The number of aromatic nitrogens is 1.